The fourth-order valence-corrected chi connectivity index (χ4v) is 2.23. The van der Waals surface area contributed by atoms with Gasteiger partial charge in [-0.2, -0.15) is 0 Å². The van der Waals surface area contributed by atoms with E-state index in [2.05, 4.69) is 20.2 Å². The number of rotatable bonds is 5. The van der Waals surface area contributed by atoms with Gasteiger partial charge in [-0.1, -0.05) is 0 Å². The number of anilines is 1. The van der Waals surface area contributed by atoms with E-state index in [0.29, 0.717) is 5.82 Å². The third kappa shape index (κ3) is 3.16. The molecule has 0 aliphatic carbocycles. The maximum Gasteiger partial charge on any atom is 0.358 e. The Morgan fingerprint density at radius 1 is 1.44 bits per heavy atom. The number of hydrogen-bond acceptors (Lipinski definition) is 5. The van der Waals surface area contributed by atoms with Crippen LogP contribution in [0.3, 0.4) is 0 Å². The predicted octanol–water partition coefficient (Wildman–Crippen LogP) is 1.07. The van der Waals surface area contributed by atoms with Crippen LogP contribution < -0.4 is 5.32 Å². The Kier molecular flexibility index (Phi) is 4.09. The van der Waals surface area contributed by atoms with Crippen molar-refractivity contribution in [1.82, 2.24) is 14.9 Å². The van der Waals surface area contributed by atoms with Crippen LogP contribution in [0.5, 0.6) is 0 Å². The Morgan fingerprint density at radius 2 is 2.11 bits per heavy atom. The number of hydrogen-bond donors (Lipinski definition) is 2. The SMILES string of the molecule is CC(CN1CCCC1)Nc1nccnc1C(=O)O. The van der Waals surface area contributed by atoms with Crippen LogP contribution in [0.2, 0.25) is 0 Å². The highest BCUT2D eigenvalue weighted by atomic mass is 16.4. The first-order valence-corrected chi connectivity index (χ1v) is 6.20. The first-order chi connectivity index (χ1) is 8.66. The van der Waals surface area contributed by atoms with E-state index in [1.165, 1.54) is 25.2 Å². The lowest BCUT2D eigenvalue weighted by atomic mass is 10.3. The van der Waals surface area contributed by atoms with E-state index in [4.69, 9.17) is 5.11 Å². The number of carbonyl (C=O) groups is 1. The molecule has 1 atom stereocenters. The lowest BCUT2D eigenvalue weighted by molar-refractivity contribution is 0.0691. The highest BCUT2D eigenvalue weighted by molar-refractivity contribution is 5.90. The summed E-state index contributed by atoms with van der Waals surface area (Å²) in [6.07, 6.45) is 5.38. The van der Waals surface area contributed by atoms with Crippen molar-refractivity contribution in [1.29, 1.82) is 0 Å². The molecule has 0 amide bonds. The largest absolute Gasteiger partial charge is 0.476 e. The molecule has 2 rings (SSSR count). The summed E-state index contributed by atoms with van der Waals surface area (Å²) in [6.45, 7) is 5.17. The number of aromatic carboxylic acids is 1. The van der Waals surface area contributed by atoms with Gasteiger partial charge in [-0.15, -0.1) is 0 Å². The molecule has 0 spiro atoms. The van der Waals surface area contributed by atoms with Crippen LogP contribution >= 0.6 is 0 Å². The summed E-state index contributed by atoms with van der Waals surface area (Å²) >= 11 is 0. The van der Waals surface area contributed by atoms with Gasteiger partial charge in [0.05, 0.1) is 0 Å². The summed E-state index contributed by atoms with van der Waals surface area (Å²) in [4.78, 5) is 21.2. The Hall–Kier alpha value is -1.69. The van der Waals surface area contributed by atoms with Crippen molar-refractivity contribution < 1.29 is 9.90 Å². The molecule has 1 saturated heterocycles. The van der Waals surface area contributed by atoms with Gasteiger partial charge in [-0.3, -0.25) is 0 Å². The van der Waals surface area contributed by atoms with E-state index in [-0.39, 0.29) is 11.7 Å². The minimum absolute atomic E-state index is 0.0224. The average Bonchev–Trinajstić information content (AvgIpc) is 2.82. The third-order valence-electron chi connectivity index (χ3n) is 3.01. The quantitative estimate of drug-likeness (QED) is 0.814. The van der Waals surface area contributed by atoms with Crippen LogP contribution in [0.25, 0.3) is 0 Å². The molecule has 1 aliphatic rings. The second-order valence-corrected chi connectivity index (χ2v) is 4.61. The van der Waals surface area contributed by atoms with Gasteiger partial charge >= 0.3 is 5.97 Å². The first-order valence-electron chi connectivity index (χ1n) is 6.20. The highest BCUT2D eigenvalue weighted by Crippen LogP contribution is 2.12. The van der Waals surface area contributed by atoms with Crippen molar-refractivity contribution in [3.63, 3.8) is 0 Å². The van der Waals surface area contributed by atoms with Crippen LogP contribution in [0.15, 0.2) is 12.4 Å². The number of carboxylic acid groups (broad SMARTS) is 1. The Bertz CT molecular complexity index is 418. The van der Waals surface area contributed by atoms with E-state index >= 15 is 0 Å². The van der Waals surface area contributed by atoms with Gasteiger partial charge < -0.3 is 15.3 Å². The Morgan fingerprint density at radius 3 is 2.78 bits per heavy atom. The zero-order chi connectivity index (χ0) is 13.0. The van der Waals surface area contributed by atoms with Crippen molar-refractivity contribution in [2.45, 2.75) is 25.8 Å². The van der Waals surface area contributed by atoms with Crippen molar-refractivity contribution in [3.05, 3.63) is 18.1 Å². The van der Waals surface area contributed by atoms with Gasteiger partial charge in [0, 0.05) is 25.0 Å². The minimum atomic E-state index is -1.06. The van der Waals surface area contributed by atoms with Gasteiger partial charge in [-0.25, -0.2) is 14.8 Å². The van der Waals surface area contributed by atoms with E-state index < -0.39 is 5.97 Å². The van der Waals surface area contributed by atoms with Crippen molar-refractivity contribution in [3.8, 4) is 0 Å². The van der Waals surface area contributed by atoms with E-state index in [1.54, 1.807) is 0 Å². The summed E-state index contributed by atoms with van der Waals surface area (Å²) < 4.78 is 0. The maximum atomic E-state index is 11.0. The van der Waals surface area contributed by atoms with Gasteiger partial charge in [-0.05, 0) is 32.9 Å². The fourth-order valence-electron chi connectivity index (χ4n) is 2.23. The zero-order valence-corrected chi connectivity index (χ0v) is 10.5. The molecule has 2 heterocycles. The molecule has 0 radical (unpaired) electrons. The Labute approximate surface area is 106 Å². The zero-order valence-electron chi connectivity index (χ0n) is 10.5. The number of nitrogens with one attached hydrogen (secondary N) is 1. The van der Waals surface area contributed by atoms with Crippen molar-refractivity contribution >= 4 is 11.8 Å². The topological polar surface area (TPSA) is 78.3 Å². The standard InChI is InChI=1S/C12H18N4O2/c1-9(8-16-6-2-3-7-16)15-11-10(12(17)18)13-4-5-14-11/h4-5,9H,2-3,6-8H2,1H3,(H,14,15)(H,17,18). The van der Waals surface area contributed by atoms with E-state index in [0.717, 1.165) is 19.6 Å². The third-order valence-corrected chi connectivity index (χ3v) is 3.01. The van der Waals surface area contributed by atoms with Crippen LogP contribution in [-0.4, -0.2) is 51.6 Å². The molecule has 6 heteroatoms. The number of nitrogens with zero attached hydrogens (tertiary/aromatic N) is 3. The molecule has 6 nitrogen and oxygen atoms in total. The molecule has 1 unspecified atom stereocenters. The molecule has 2 N–H and O–H groups in total. The van der Waals surface area contributed by atoms with Crippen LogP contribution in [-0.2, 0) is 0 Å². The maximum absolute atomic E-state index is 11.0. The van der Waals surface area contributed by atoms with Gasteiger partial charge in [0.25, 0.3) is 0 Å². The highest BCUT2D eigenvalue weighted by Gasteiger charge is 2.17. The monoisotopic (exact) mass is 250 g/mol. The molecular weight excluding hydrogens is 232 g/mol. The molecule has 98 valence electrons. The molecule has 0 bridgehead atoms. The van der Waals surface area contributed by atoms with E-state index in [1.807, 2.05) is 6.92 Å². The summed E-state index contributed by atoms with van der Waals surface area (Å²) in [5, 5.41) is 12.1. The fraction of sp³-hybridized carbons (Fsp3) is 0.583. The van der Waals surface area contributed by atoms with Gasteiger partial charge in [0.2, 0.25) is 0 Å². The molecule has 1 fully saturated rings. The first kappa shape index (κ1) is 12.8. The minimum Gasteiger partial charge on any atom is -0.476 e. The summed E-state index contributed by atoms with van der Waals surface area (Å²) in [6, 6.07) is 0.151. The summed E-state index contributed by atoms with van der Waals surface area (Å²) in [7, 11) is 0. The van der Waals surface area contributed by atoms with Crippen LogP contribution in [0.4, 0.5) is 5.82 Å². The Balaban J connectivity index is 1.97. The predicted molar refractivity (Wildman–Crippen MR) is 67.8 cm³/mol. The smallest absolute Gasteiger partial charge is 0.358 e. The van der Waals surface area contributed by atoms with Crippen LogP contribution in [0.1, 0.15) is 30.3 Å². The normalized spacial score (nSPS) is 17.6. The second-order valence-electron chi connectivity index (χ2n) is 4.61. The molecule has 18 heavy (non-hydrogen) atoms. The van der Waals surface area contributed by atoms with Gasteiger partial charge in [0.15, 0.2) is 11.5 Å². The van der Waals surface area contributed by atoms with Crippen LogP contribution in [0, 0.1) is 0 Å². The lowest BCUT2D eigenvalue weighted by Gasteiger charge is -2.21. The number of carboxylic acids is 1. The van der Waals surface area contributed by atoms with Crippen molar-refractivity contribution in [2.24, 2.45) is 0 Å². The average molecular weight is 250 g/mol. The van der Waals surface area contributed by atoms with Crippen molar-refractivity contribution in [2.75, 3.05) is 25.0 Å². The second kappa shape index (κ2) is 5.77. The summed E-state index contributed by atoms with van der Waals surface area (Å²) in [5.74, 6) is -0.712. The number of aromatic nitrogens is 2. The lowest BCUT2D eigenvalue weighted by Crippen LogP contribution is -2.33. The van der Waals surface area contributed by atoms with E-state index in [9.17, 15) is 4.79 Å². The number of likely N-dealkylation sites (tertiary alicyclic amines) is 1. The molecular formula is C12H18N4O2. The summed E-state index contributed by atoms with van der Waals surface area (Å²) in [5.41, 5.74) is -0.0224. The van der Waals surface area contributed by atoms with Gasteiger partial charge in [0.1, 0.15) is 0 Å². The molecule has 1 aromatic rings. The molecule has 1 aromatic heterocycles. The molecule has 1 aliphatic heterocycles. The molecule has 0 saturated carbocycles. The molecule has 0 aromatic carbocycles.